The van der Waals surface area contributed by atoms with Gasteiger partial charge in [-0.15, -0.1) is 0 Å². The second-order valence-corrected chi connectivity index (χ2v) is 5.86. The summed E-state index contributed by atoms with van der Waals surface area (Å²) in [6, 6.07) is 0.518. The second kappa shape index (κ2) is 6.87. The van der Waals surface area contributed by atoms with Gasteiger partial charge in [0.2, 0.25) is 0 Å². The van der Waals surface area contributed by atoms with Crippen molar-refractivity contribution in [1.29, 1.82) is 0 Å². The molecule has 2 fully saturated rings. The molecule has 0 saturated carbocycles. The Morgan fingerprint density at radius 2 is 2.00 bits per heavy atom. The molecule has 1 atom stereocenters. The van der Waals surface area contributed by atoms with E-state index in [4.69, 9.17) is 4.74 Å². The summed E-state index contributed by atoms with van der Waals surface area (Å²) in [7, 11) is 1.68. The molecule has 2 aliphatic heterocycles. The van der Waals surface area contributed by atoms with Gasteiger partial charge in [-0.25, -0.2) is 0 Å². The number of amides is 1. The number of methoxy groups -OCH3 is 1. The van der Waals surface area contributed by atoms with Crippen LogP contribution in [0.1, 0.15) is 33.1 Å². The van der Waals surface area contributed by atoms with Crippen LogP contribution in [0.5, 0.6) is 0 Å². The molecule has 5 heteroatoms. The van der Waals surface area contributed by atoms with Crippen LogP contribution in [0.25, 0.3) is 0 Å². The summed E-state index contributed by atoms with van der Waals surface area (Å²) in [4.78, 5) is 17.3. The van der Waals surface area contributed by atoms with Crippen molar-refractivity contribution in [2.75, 3.05) is 46.4 Å². The maximum Gasteiger partial charge on any atom is 0.254 e. The summed E-state index contributed by atoms with van der Waals surface area (Å²) >= 11 is 0. The van der Waals surface area contributed by atoms with E-state index in [-0.39, 0.29) is 5.91 Å². The van der Waals surface area contributed by atoms with Crippen LogP contribution < -0.4 is 5.32 Å². The third kappa shape index (κ3) is 3.00. The van der Waals surface area contributed by atoms with E-state index in [1.165, 1.54) is 0 Å². The maximum atomic E-state index is 12.9. The van der Waals surface area contributed by atoms with Crippen molar-refractivity contribution in [2.45, 2.75) is 44.8 Å². The van der Waals surface area contributed by atoms with Crippen molar-refractivity contribution in [1.82, 2.24) is 15.1 Å². The van der Waals surface area contributed by atoms with Gasteiger partial charge in [-0.2, -0.15) is 0 Å². The molecule has 0 aromatic rings. The number of nitrogens with one attached hydrogen (secondary N) is 1. The van der Waals surface area contributed by atoms with E-state index in [9.17, 15) is 4.79 Å². The van der Waals surface area contributed by atoms with Gasteiger partial charge in [0.25, 0.3) is 5.91 Å². The van der Waals surface area contributed by atoms with Gasteiger partial charge < -0.3 is 15.0 Å². The van der Waals surface area contributed by atoms with Gasteiger partial charge in [0.05, 0.1) is 0 Å². The lowest BCUT2D eigenvalue weighted by molar-refractivity contribution is -0.157. The highest BCUT2D eigenvalue weighted by Crippen LogP contribution is 2.27. The van der Waals surface area contributed by atoms with Crippen LogP contribution in [-0.4, -0.2) is 73.7 Å². The van der Waals surface area contributed by atoms with Crippen molar-refractivity contribution >= 4 is 5.91 Å². The van der Waals surface area contributed by atoms with Crippen molar-refractivity contribution in [3.63, 3.8) is 0 Å². The van der Waals surface area contributed by atoms with E-state index >= 15 is 0 Å². The van der Waals surface area contributed by atoms with Crippen LogP contribution in [0, 0.1) is 0 Å². The van der Waals surface area contributed by atoms with Crippen LogP contribution in [-0.2, 0) is 9.53 Å². The first-order chi connectivity index (χ1) is 9.66. The topological polar surface area (TPSA) is 44.8 Å². The third-order valence-electron chi connectivity index (χ3n) is 4.97. The Morgan fingerprint density at radius 3 is 2.55 bits per heavy atom. The lowest BCUT2D eigenvalue weighted by Gasteiger charge is -2.38. The zero-order chi connectivity index (χ0) is 14.6. The summed E-state index contributed by atoms with van der Waals surface area (Å²) in [6.07, 6.45) is 2.66. The molecule has 2 saturated heterocycles. The molecule has 1 N–H and O–H groups in total. The van der Waals surface area contributed by atoms with Crippen LogP contribution in [0.15, 0.2) is 0 Å². The lowest BCUT2D eigenvalue weighted by atomic mass is 9.90. The SMILES string of the molecule is CCN(CC)C1CCN(C(=O)C2(OC)CCNCC2)C1. The Morgan fingerprint density at radius 1 is 1.35 bits per heavy atom. The summed E-state index contributed by atoms with van der Waals surface area (Å²) in [5.74, 6) is 0.205. The Labute approximate surface area is 122 Å². The largest absolute Gasteiger partial charge is 0.368 e. The number of rotatable bonds is 5. The van der Waals surface area contributed by atoms with Crippen LogP contribution in [0.2, 0.25) is 0 Å². The summed E-state index contributed by atoms with van der Waals surface area (Å²) in [6.45, 7) is 9.97. The average molecular weight is 283 g/mol. The highest BCUT2D eigenvalue weighted by molar-refractivity contribution is 5.85. The van der Waals surface area contributed by atoms with Crippen molar-refractivity contribution in [2.24, 2.45) is 0 Å². The number of ether oxygens (including phenoxy) is 1. The zero-order valence-electron chi connectivity index (χ0n) is 13.2. The van der Waals surface area contributed by atoms with E-state index in [2.05, 4.69) is 24.1 Å². The quantitative estimate of drug-likeness (QED) is 0.807. The Kier molecular flexibility index (Phi) is 5.41. The van der Waals surface area contributed by atoms with Gasteiger partial charge in [0.1, 0.15) is 5.60 Å². The molecule has 0 radical (unpaired) electrons. The van der Waals surface area contributed by atoms with Crippen LogP contribution in [0.4, 0.5) is 0 Å². The number of likely N-dealkylation sites (N-methyl/N-ethyl adjacent to an activating group) is 1. The first-order valence-electron chi connectivity index (χ1n) is 7.96. The molecule has 2 rings (SSSR count). The molecule has 0 aromatic heterocycles. The van der Waals surface area contributed by atoms with E-state index in [0.717, 1.165) is 58.5 Å². The number of hydrogen-bond acceptors (Lipinski definition) is 4. The highest BCUT2D eigenvalue weighted by Gasteiger charge is 2.44. The number of likely N-dealkylation sites (tertiary alicyclic amines) is 1. The molecule has 0 aromatic carbocycles. The van der Waals surface area contributed by atoms with E-state index < -0.39 is 5.60 Å². The Bertz CT molecular complexity index is 325. The standard InChI is InChI=1S/C15H29N3O2/c1-4-17(5-2)13-6-11-18(12-13)14(19)15(20-3)7-9-16-10-8-15/h13,16H,4-12H2,1-3H3. The predicted molar refractivity (Wildman–Crippen MR) is 79.7 cm³/mol. The third-order valence-corrected chi connectivity index (χ3v) is 4.97. The molecule has 2 aliphatic rings. The summed E-state index contributed by atoms with van der Waals surface area (Å²) < 4.78 is 5.66. The van der Waals surface area contributed by atoms with Gasteiger partial charge in [-0.1, -0.05) is 13.8 Å². The smallest absolute Gasteiger partial charge is 0.254 e. The fraction of sp³-hybridized carbons (Fsp3) is 0.933. The molecule has 0 bridgehead atoms. The monoisotopic (exact) mass is 283 g/mol. The number of carbonyl (C=O) groups is 1. The highest BCUT2D eigenvalue weighted by atomic mass is 16.5. The van der Waals surface area contributed by atoms with Gasteiger partial charge in [0, 0.05) is 26.2 Å². The fourth-order valence-corrected chi connectivity index (χ4v) is 3.59. The molecule has 20 heavy (non-hydrogen) atoms. The molecule has 2 heterocycles. The average Bonchev–Trinajstić information content (AvgIpc) is 2.98. The van der Waals surface area contributed by atoms with Crippen LogP contribution in [0.3, 0.4) is 0 Å². The summed E-state index contributed by atoms with van der Waals surface area (Å²) in [5, 5.41) is 3.31. The minimum absolute atomic E-state index is 0.205. The Hall–Kier alpha value is -0.650. The van der Waals surface area contributed by atoms with Gasteiger partial charge in [-0.3, -0.25) is 9.69 Å². The van der Waals surface area contributed by atoms with Gasteiger partial charge in [-0.05, 0) is 45.4 Å². The fourth-order valence-electron chi connectivity index (χ4n) is 3.59. The molecular weight excluding hydrogens is 254 g/mol. The predicted octanol–water partition coefficient (Wildman–Crippen LogP) is 0.698. The van der Waals surface area contributed by atoms with Gasteiger partial charge >= 0.3 is 0 Å². The molecule has 116 valence electrons. The molecule has 0 spiro atoms. The van der Waals surface area contributed by atoms with Crippen LogP contribution >= 0.6 is 0 Å². The maximum absolute atomic E-state index is 12.9. The zero-order valence-corrected chi connectivity index (χ0v) is 13.2. The number of piperidine rings is 1. The van der Waals surface area contributed by atoms with Crippen molar-refractivity contribution < 1.29 is 9.53 Å². The first-order valence-corrected chi connectivity index (χ1v) is 7.96. The molecule has 0 aliphatic carbocycles. The lowest BCUT2D eigenvalue weighted by Crippen LogP contribution is -2.55. The minimum atomic E-state index is -0.580. The minimum Gasteiger partial charge on any atom is -0.368 e. The number of carbonyl (C=O) groups excluding carboxylic acids is 1. The van der Waals surface area contributed by atoms with E-state index in [1.807, 2.05) is 4.90 Å². The summed E-state index contributed by atoms with van der Waals surface area (Å²) in [5.41, 5.74) is -0.580. The van der Waals surface area contributed by atoms with Gasteiger partial charge in [0.15, 0.2) is 0 Å². The van der Waals surface area contributed by atoms with Crippen molar-refractivity contribution in [3.05, 3.63) is 0 Å². The van der Waals surface area contributed by atoms with E-state index in [0.29, 0.717) is 6.04 Å². The molecule has 1 unspecified atom stereocenters. The van der Waals surface area contributed by atoms with Crippen molar-refractivity contribution in [3.8, 4) is 0 Å². The molecule has 5 nitrogen and oxygen atoms in total. The number of hydrogen-bond donors (Lipinski definition) is 1. The molecular formula is C15H29N3O2. The first kappa shape index (κ1) is 15.7. The second-order valence-electron chi connectivity index (χ2n) is 5.86. The number of nitrogens with zero attached hydrogens (tertiary/aromatic N) is 2. The molecule has 1 amide bonds. The van der Waals surface area contributed by atoms with E-state index in [1.54, 1.807) is 7.11 Å². The normalized spacial score (nSPS) is 26.2. The Balaban J connectivity index is 1.99.